The first-order valence-corrected chi connectivity index (χ1v) is 6.78. The third-order valence-electron chi connectivity index (χ3n) is 2.90. The molecule has 1 aromatic rings. The minimum atomic E-state index is -1.09. The van der Waals surface area contributed by atoms with Crippen molar-refractivity contribution in [3.63, 3.8) is 0 Å². The van der Waals surface area contributed by atoms with Gasteiger partial charge in [0.15, 0.2) is 6.10 Å². The molecule has 2 atom stereocenters. The van der Waals surface area contributed by atoms with Crippen molar-refractivity contribution >= 4 is 11.9 Å². The van der Waals surface area contributed by atoms with Gasteiger partial charge in [-0.1, -0.05) is 30.3 Å². The molecule has 0 heterocycles. The zero-order valence-electron chi connectivity index (χ0n) is 12.2. The average Bonchev–Trinajstić information content (AvgIpc) is 2.49. The lowest BCUT2D eigenvalue weighted by Gasteiger charge is -2.20. The Morgan fingerprint density at radius 2 is 1.95 bits per heavy atom. The maximum absolute atomic E-state index is 12.3. The molecule has 0 aliphatic heterocycles. The van der Waals surface area contributed by atoms with Crippen molar-refractivity contribution in [2.45, 2.75) is 25.5 Å². The van der Waals surface area contributed by atoms with Crippen LogP contribution >= 0.6 is 0 Å². The number of aliphatic carboxylic acids is 1. The lowest BCUT2D eigenvalue weighted by atomic mass is 10.1. The monoisotopic (exact) mass is 295 g/mol. The number of amides is 1. The Morgan fingerprint density at radius 1 is 1.29 bits per heavy atom. The topological polar surface area (TPSA) is 84.9 Å². The predicted molar refractivity (Wildman–Crippen MR) is 76.9 cm³/mol. The highest BCUT2D eigenvalue weighted by Crippen LogP contribution is 2.17. The molecule has 0 spiro atoms. The van der Waals surface area contributed by atoms with E-state index < -0.39 is 24.0 Å². The Labute approximate surface area is 124 Å². The number of carboxylic acids is 1. The second-order valence-electron chi connectivity index (χ2n) is 4.43. The summed E-state index contributed by atoms with van der Waals surface area (Å²) in [5.41, 5.74) is 0.688. The summed E-state index contributed by atoms with van der Waals surface area (Å²) in [6, 6.07) is 7.98. The van der Waals surface area contributed by atoms with Crippen LogP contribution in [0, 0.1) is 0 Å². The van der Waals surface area contributed by atoms with E-state index >= 15 is 0 Å². The van der Waals surface area contributed by atoms with Crippen LogP contribution in [-0.4, -0.2) is 43.3 Å². The quantitative estimate of drug-likeness (QED) is 0.718. The van der Waals surface area contributed by atoms with E-state index in [9.17, 15) is 9.59 Å². The van der Waals surface area contributed by atoms with Gasteiger partial charge in [0.05, 0.1) is 0 Å². The molecule has 0 saturated heterocycles. The maximum Gasteiger partial charge on any atom is 0.326 e. The van der Waals surface area contributed by atoms with Crippen LogP contribution in [0.25, 0.3) is 0 Å². The molecule has 0 aliphatic carbocycles. The molecule has 6 nitrogen and oxygen atoms in total. The molecule has 2 N–H and O–H groups in total. The number of methoxy groups -OCH3 is 1. The standard InChI is InChI=1S/C15H21NO5/c1-3-21-13(11-7-5-4-6-8-11)14(17)16-12(15(18)19)9-10-20-2/h4-8,12-13H,3,9-10H2,1-2H3,(H,16,17)(H,18,19). The van der Waals surface area contributed by atoms with Crippen molar-refractivity contribution in [2.24, 2.45) is 0 Å². The number of benzene rings is 1. The van der Waals surface area contributed by atoms with Gasteiger partial charge in [0, 0.05) is 26.7 Å². The minimum absolute atomic E-state index is 0.200. The number of carboxylic acid groups (broad SMARTS) is 1. The third-order valence-corrected chi connectivity index (χ3v) is 2.90. The first-order valence-electron chi connectivity index (χ1n) is 6.78. The molecule has 1 amide bonds. The highest BCUT2D eigenvalue weighted by molar-refractivity contribution is 5.87. The fourth-order valence-corrected chi connectivity index (χ4v) is 1.86. The molecule has 1 rings (SSSR count). The minimum Gasteiger partial charge on any atom is -0.480 e. The van der Waals surface area contributed by atoms with Gasteiger partial charge in [-0.3, -0.25) is 4.79 Å². The number of rotatable bonds is 9. The van der Waals surface area contributed by atoms with E-state index in [1.807, 2.05) is 6.07 Å². The normalized spacial score (nSPS) is 13.4. The van der Waals surface area contributed by atoms with Gasteiger partial charge in [0.2, 0.25) is 0 Å². The van der Waals surface area contributed by atoms with Crippen molar-refractivity contribution in [3.8, 4) is 0 Å². The van der Waals surface area contributed by atoms with Crippen LogP contribution in [0.1, 0.15) is 25.0 Å². The molecular weight excluding hydrogens is 274 g/mol. The molecular formula is C15H21NO5. The van der Waals surface area contributed by atoms with E-state index in [1.54, 1.807) is 31.2 Å². The van der Waals surface area contributed by atoms with Gasteiger partial charge in [0.25, 0.3) is 5.91 Å². The van der Waals surface area contributed by atoms with E-state index in [1.165, 1.54) is 7.11 Å². The number of nitrogens with one attached hydrogen (secondary N) is 1. The molecule has 0 radical (unpaired) electrons. The van der Waals surface area contributed by atoms with Crippen LogP contribution in [-0.2, 0) is 19.1 Å². The molecule has 0 aliphatic rings. The van der Waals surface area contributed by atoms with Gasteiger partial charge in [-0.05, 0) is 12.5 Å². The Hall–Kier alpha value is -1.92. The van der Waals surface area contributed by atoms with Crippen molar-refractivity contribution in [3.05, 3.63) is 35.9 Å². The Kier molecular flexibility index (Phi) is 7.42. The van der Waals surface area contributed by atoms with E-state index in [-0.39, 0.29) is 13.0 Å². The van der Waals surface area contributed by atoms with E-state index in [0.29, 0.717) is 12.2 Å². The molecule has 0 saturated carbocycles. The predicted octanol–water partition coefficient (Wildman–Crippen LogP) is 1.37. The van der Waals surface area contributed by atoms with Crippen molar-refractivity contribution in [1.82, 2.24) is 5.32 Å². The zero-order valence-corrected chi connectivity index (χ0v) is 12.2. The molecule has 0 aromatic heterocycles. The van der Waals surface area contributed by atoms with Gasteiger partial charge >= 0.3 is 5.97 Å². The third kappa shape index (κ3) is 5.53. The Balaban J connectivity index is 2.78. The molecule has 21 heavy (non-hydrogen) atoms. The summed E-state index contributed by atoms with van der Waals surface area (Å²) in [5, 5.41) is 11.6. The summed E-state index contributed by atoms with van der Waals surface area (Å²) in [7, 11) is 1.48. The average molecular weight is 295 g/mol. The number of ether oxygens (including phenoxy) is 2. The SMILES string of the molecule is CCOC(C(=O)NC(CCOC)C(=O)O)c1ccccc1. The highest BCUT2D eigenvalue weighted by atomic mass is 16.5. The van der Waals surface area contributed by atoms with E-state index in [4.69, 9.17) is 14.6 Å². The van der Waals surface area contributed by atoms with Gasteiger partial charge < -0.3 is 19.9 Å². The zero-order chi connectivity index (χ0) is 15.7. The number of carbonyl (C=O) groups excluding carboxylic acids is 1. The molecule has 0 bridgehead atoms. The van der Waals surface area contributed by atoms with Crippen molar-refractivity contribution in [2.75, 3.05) is 20.3 Å². The molecule has 0 fully saturated rings. The van der Waals surface area contributed by atoms with Gasteiger partial charge in [-0.2, -0.15) is 0 Å². The largest absolute Gasteiger partial charge is 0.480 e. The van der Waals surface area contributed by atoms with Crippen LogP contribution in [0.3, 0.4) is 0 Å². The highest BCUT2D eigenvalue weighted by Gasteiger charge is 2.26. The summed E-state index contributed by atoms with van der Waals surface area (Å²) < 4.78 is 10.3. The Morgan fingerprint density at radius 3 is 2.48 bits per heavy atom. The number of carbonyl (C=O) groups is 2. The second kappa shape index (κ2) is 9.10. The van der Waals surface area contributed by atoms with Gasteiger partial charge in [-0.25, -0.2) is 4.79 Å². The van der Waals surface area contributed by atoms with E-state index in [0.717, 1.165) is 0 Å². The first-order chi connectivity index (χ1) is 10.1. The fourth-order valence-electron chi connectivity index (χ4n) is 1.86. The summed E-state index contributed by atoms with van der Waals surface area (Å²) in [5.74, 6) is -1.56. The molecule has 6 heteroatoms. The summed E-state index contributed by atoms with van der Waals surface area (Å²) in [6.07, 6.45) is -0.619. The summed E-state index contributed by atoms with van der Waals surface area (Å²) in [6.45, 7) is 2.38. The van der Waals surface area contributed by atoms with Crippen LogP contribution in [0.5, 0.6) is 0 Å². The van der Waals surface area contributed by atoms with Crippen LogP contribution in [0.15, 0.2) is 30.3 Å². The summed E-state index contributed by atoms with van der Waals surface area (Å²) in [4.78, 5) is 23.4. The fraction of sp³-hybridized carbons (Fsp3) is 0.467. The van der Waals surface area contributed by atoms with Gasteiger partial charge in [0.1, 0.15) is 6.04 Å². The second-order valence-corrected chi connectivity index (χ2v) is 4.43. The molecule has 2 unspecified atom stereocenters. The van der Waals surface area contributed by atoms with Crippen molar-refractivity contribution < 1.29 is 24.2 Å². The smallest absolute Gasteiger partial charge is 0.326 e. The Bertz CT molecular complexity index is 449. The first kappa shape index (κ1) is 17.1. The summed E-state index contributed by atoms with van der Waals surface area (Å²) >= 11 is 0. The molecule has 1 aromatic carbocycles. The van der Waals surface area contributed by atoms with E-state index in [2.05, 4.69) is 5.32 Å². The van der Waals surface area contributed by atoms with Crippen LogP contribution < -0.4 is 5.32 Å². The number of hydrogen-bond donors (Lipinski definition) is 2. The number of hydrogen-bond acceptors (Lipinski definition) is 4. The lowest BCUT2D eigenvalue weighted by Crippen LogP contribution is -2.44. The van der Waals surface area contributed by atoms with Crippen LogP contribution in [0.4, 0.5) is 0 Å². The van der Waals surface area contributed by atoms with Crippen LogP contribution in [0.2, 0.25) is 0 Å². The molecule has 116 valence electrons. The lowest BCUT2D eigenvalue weighted by molar-refractivity contribution is -0.145. The van der Waals surface area contributed by atoms with Gasteiger partial charge in [-0.15, -0.1) is 0 Å². The maximum atomic E-state index is 12.3. The van der Waals surface area contributed by atoms with Crippen molar-refractivity contribution in [1.29, 1.82) is 0 Å².